The van der Waals surface area contributed by atoms with Gasteiger partial charge in [-0.2, -0.15) is 5.10 Å². The summed E-state index contributed by atoms with van der Waals surface area (Å²) in [7, 11) is 1.72. The molecule has 2 N–H and O–H groups in total. The normalized spacial score (nSPS) is 10.8. The number of ketones is 1. The molecule has 0 atom stereocenters. The smallest absolute Gasteiger partial charge is 0.168 e. The van der Waals surface area contributed by atoms with Crippen LogP contribution in [-0.4, -0.2) is 15.6 Å². The summed E-state index contributed by atoms with van der Waals surface area (Å²) in [6, 6.07) is 0. The van der Waals surface area contributed by atoms with Gasteiger partial charge in [-0.05, 0) is 5.92 Å². The van der Waals surface area contributed by atoms with Gasteiger partial charge in [0.25, 0.3) is 0 Å². The van der Waals surface area contributed by atoms with E-state index >= 15 is 0 Å². The van der Waals surface area contributed by atoms with Crippen LogP contribution in [0.4, 0.5) is 5.82 Å². The summed E-state index contributed by atoms with van der Waals surface area (Å²) in [6.45, 7) is 4.01. The zero-order valence-electron chi connectivity index (χ0n) is 8.24. The maximum absolute atomic E-state index is 11.6. The molecule has 0 bridgehead atoms. The van der Waals surface area contributed by atoms with Crippen molar-refractivity contribution >= 4 is 11.6 Å². The molecule has 0 saturated heterocycles. The van der Waals surface area contributed by atoms with Crippen molar-refractivity contribution in [1.29, 1.82) is 0 Å². The quantitative estimate of drug-likeness (QED) is 0.713. The maximum atomic E-state index is 11.6. The van der Waals surface area contributed by atoms with Crippen LogP contribution in [0.5, 0.6) is 0 Å². The standard InChI is InChI=1S/C9H15N3O/c1-6(2)4-8(13)7-5-11-12(3)9(7)10/h5-6H,4,10H2,1-3H3. The van der Waals surface area contributed by atoms with E-state index in [-0.39, 0.29) is 5.78 Å². The van der Waals surface area contributed by atoms with Crippen LogP contribution in [0, 0.1) is 5.92 Å². The van der Waals surface area contributed by atoms with Gasteiger partial charge in [0, 0.05) is 13.5 Å². The molecule has 4 heteroatoms. The predicted octanol–water partition coefficient (Wildman–Crippen LogP) is 1.23. The lowest BCUT2D eigenvalue weighted by molar-refractivity contribution is 0.0968. The Bertz CT molecular complexity index is 315. The zero-order valence-corrected chi connectivity index (χ0v) is 8.24. The fourth-order valence-electron chi connectivity index (χ4n) is 1.14. The second kappa shape index (κ2) is 3.60. The molecule has 0 radical (unpaired) electrons. The third-order valence-electron chi connectivity index (χ3n) is 1.88. The van der Waals surface area contributed by atoms with E-state index in [9.17, 15) is 4.79 Å². The molecule has 0 aliphatic carbocycles. The highest BCUT2D eigenvalue weighted by atomic mass is 16.1. The van der Waals surface area contributed by atoms with E-state index in [0.717, 1.165) is 0 Å². The Morgan fingerprint density at radius 2 is 2.31 bits per heavy atom. The molecule has 1 aromatic rings. The summed E-state index contributed by atoms with van der Waals surface area (Å²) in [4.78, 5) is 11.6. The molecule has 13 heavy (non-hydrogen) atoms. The number of aromatic nitrogens is 2. The Morgan fingerprint density at radius 1 is 1.69 bits per heavy atom. The van der Waals surface area contributed by atoms with E-state index in [1.54, 1.807) is 7.05 Å². The Hall–Kier alpha value is -1.32. The van der Waals surface area contributed by atoms with Gasteiger partial charge >= 0.3 is 0 Å². The third-order valence-corrected chi connectivity index (χ3v) is 1.88. The number of Topliss-reactive ketones (excluding diaryl/α,β-unsaturated/α-hetero) is 1. The molecule has 0 spiro atoms. The van der Waals surface area contributed by atoms with E-state index in [2.05, 4.69) is 5.10 Å². The molecule has 0 aliphatic rings. The number of carbonyl (C=O) groups excluding carboxylic acids is 1. The summed E-state index contributed by atoms with van der Waals surface area (Å²) in [5.41, 5.74) is 6.20. The molecule has 4 nitrogen and oxygen atoms in total. The zero-order chi connectivity index (χ0) is 10.0. The van der Waals surface area contributed by atoms with Gasteiger partial charge in [-0.15, -0.1) is 0 Å². The Labute approximate surface area is 77.7 Å². The number of hydrogen-bond donors (Lipinski definition) is 1. The molecule has 1 rings (SSSR count). The first-order valence-electron chi connectivity index (χ1n) is 4.33. The molecule has 0 saturated carbocycles. The molecule has 0 unspecified atom stereocenters. The lowest BCUT2D eigenvalue weighted by Gasteiger charge is -2.02. The van der Waals surface area contributed by atoms with Crippen LogP contribution < -0.4 is 5.73 Å². The van der Waals surface area contributed by atoms with Crippen molar-refractivity contribution in [2.24, 2.45) is 13.0 Å². The summed E-state index contributed by atoms with van der Waals surface area (Å²) in [6.07, 6.45) is 2.05. The molecule has 72 valence electrons. The van der Waals surface area contributed by atoms with Crippen molar-refractivity contribution in [3.63, 3.8) is 0 Å². The van der Waals surface area contributed by atoms with Gasteiger partial charge in [0.15, 0.2) is 5.78 Å². The van der Waals surface area contributed by atoms with Crippen molar-refractivity contribution in [3.8, 4) is 0 Å². The number of aryl methyl sites for hydroxylation is 1. The number of anilines is 1. The lowest BCUT2D eigenvalue weighted by atomic mass is 10.0. The van der Waals surface area contributed by atoms with Gasteiger partial charge in [-0.25, -0.2) is 0 Å². The van der Waals surface area contributed by atoms with Crippen molar-refractivity contribution in [2.75, 3.05) is 5.73 Å². The van der Waals surface area contributed by atoms with E-state index in [1.807, 2.05) is 13.8 Å². The summed E-state index contributed by atoms with van der Waals surface area (Å²) in [5.74, 6) is 0.873. The number of hydrogen-bond acceptors (Lipinski definition) is 3. The van der Waals surface area contributed by atoms with Crippen LogP contribution in [0.3, 0.4) is 0 Å². The van der Waals surface area contributed by atoms with Crippen molar-refractivity contribution in [2.45, 2.75) is 20.3 Å². The predicted molar refractivity (Wildman–Crippen MR) is 51.4 cm³/mol. The largest absolute Gasteiger partial charge is 0.383 e. The van der Waals surface area contributed by atoms with E-state index in [4.69, 9.17) is 5.73 Å². The molecule has 0 amide bonds. The number of carbonyl (C=O) groups is 1. The highest BCUT2D eigenvalue weighted by Crippen LogP contribution is 2.14. The molecular formula is C9H15N3O. The van der Waals surface area contributed by atoms with Crippen LogP contribution in [0.15, 0.2) is 6.20 Å². The van der Waals surface area contributed by atoms with Crippen molar-refractivity contribution in [1.82, 2.24) is 9.78 Å². The monoisotopic (exact) mass is 181 g/mol. The van der Waals surface area contributed by atoms with E-state index in [0.29, 0.717) is 23.7 Å². The first-order valence-corrected chi connectivity index (χ1v) is 4.33. The molecule has 0 aliphatic heterocycles. The van der Waals surface area contributed by atoms with Crippen LogP contribution in [0.1, 0.15) is 30.6 Å². The summed E-state index contributed by atoms with van der Waals surface area (Å²) in [5, 5.41) is 3.92. The molecule has 0 fully saturated rings. The SMILES string of the molecule is CC(C)CC(=O)c1cnn(C)c1N. The van der Waals surface area contributed by atoms with Crippen LogP contribution in [0.2, 0.25) is 0 Å². The fraction of sp³-hybridized carbons (Fsp3) is 0.556. The first kappa shape index (κ1) is 9.77. The first-order chi connectivity index (χ1) is 6.02. The van der Waals surface area contributed by atoms with Gasteiger partial charge in [0.05, 0.1) is 11.8 Å². The summed E-state index contributed by atoms with van der Waals surface area (Å²) < 4.78 is 1.51. The minimum atomic E-state index is 0.0700. The maximum Gasteiger partial charge on any atom is 0.168 e. The minimum absolute atomic E-state index is 0.0700. The minimum Gasteiger partial charge on any atom is -0.383 e. The van der Waals surface area contributed by atoms with Gasteiger partial charge in [-0.1, -0.05) is 13.8 Å². The fourth-order valence-corrected chi connectivity index (χ4v) is 1.14. The van der Waals surface area contributed by atoms with Crippen LogP contribution in [-0.2, 0) is 7.05 Å². The molecule has 1 aromatic heterocycles. The van der Waals surface area contributed by atoms with Gasteiger partial charge in [0.2, 0.25) is 0 Å². The Morgan fingerprint density at radius 3 is 2.69 bits per heavy atom. The molecule has 1 heterocycles. The number of nitrogens with two attached hydrogens (primary N) is 1. The van der Waals surface area contributed by atoms with Crippen LogP contribution >= 0.6 is 0 Å². The summed E-state index contributed by atoms with van der Waals surface area (Å²) >= 11 is 0. The molecular weight excluding hydrogens is 166 g/mol. The number of rotatable bonds is 3. The number of nitrogens with zero attached hydrogens (tertiary/aromatic N) is 2. The van der Waals surface area contributed by atoms with Gasteiger partial charge in [-0.3, -0.25) is 9.48 Å². The second-order valence-electron chi connectivity index (χ2n) is 3.59. The highest BCUT2D eigenvalue weighted by molar-refractivity contribution is 5.99. The van der Waals surface area contributed by atoms with Crippen LogP contribution in [0.25, 0.3) is 0 Å². The topological polar surface area (TPSA) is 60.9 Å². The van der Waals surface area contributed by atoms with Gasteiger partial charge in [0.1, 0.15) is 5.82 Å². The Kier molecular flexibility index (Phi) is 2.70. The van der Waals surface area contributed by atoms with E-state index in [1.165, 1.54) is 10.9 Å². The van der Waals surface area contributed by atoms with Crippen molar-refractivity contribution < 1.29 is 4.79 Å². The average molecular weight is 181 g/mol. The average Bonchev–Trinajstić information content (AvgIpc) is 2.31. The lowest BCUT2D eigenvalue weighted by Crippen LogP contribution is -2.07. The van der Waals surface area contributed by atoms with E-state index < -0.39 is 0 Å². The third kappa shape index (κ3) is 2.08. The Balaban J connectivity index is 2.83. The second-order valence-corrected chi connectivity index (χ2v) is 3.59. The van der Waals surface area contributed by atoms with Gasteiger partial charge < -0.3 is 5.73 Å². The highest BCUT2D eigenvalue weighted by Gasteiger charge is 2.14. The number of nitrogen functional groups attached to an aromatic ring is 1. The van der Waals surface area contributed by atoms with Crippen molar-refractivity contribution in [3.05, 3.63) is 11.8 Å². The molecule has 0 aromatic carbocycles.